The highest BCUT2D eigenvalue weighted by Gasteiger charge is 2.26. The van der Waals surface area contributed by atoms with Gasteiger partial charge in [0.25, 0.3) is 0 Å². The van der Waals surface area contributed by atoms with Gasteiger partial charge in [0, 0.05) is 18.5 Å². The third kappa shape index (κ3) is 3.04. The fraction of sp³-hybridized carbons (Fsp3) is 0.588. The van der Waals surface area contributed by atoms with Gasteiger partial charge in [-0.05, 0) is 49.3 Å². The first-order valence-electron chi connectivity index (χ1n) is 7.82. The van der Waals surface area contributed by atoms with Gasteiger partial charge in [0.05, 0.1) is 0 Å². The van der Waals surface area contributed by atoms with Crippen LogP contribution in [0.3, 0.4) is 0 Å². The Bertz CT molecular complexity index is 461. The Morgan fingerprint density at radius 3 is 2.65 bits per heavy atom. The summed E-state index contributed by atoms with van der Waals surface area (Å²) in [5, 5.41) is 6.70. The Morgan fingerprint density at radius 2 is 2.00 bits per heavy atom. The Morgan fingerprint density at radius 1 is 1.30 bits per heavy atom. The molecule has 1 aliphatic heterocycles. The van der Waals surface area contributed by atoms with Crippen LogP contribution in [-0.4, -0.2) is 24.5 Å². The zero-order valence-corrected chi connectivity index (χ0v) is 12.2. The third-order valence-electron chi connectivity index (χ3n) is 4.75. The van der Waals surface area contributed by atoms with Crippen LogP contribution in [0.2, 0.25) is 0 Å². The van der Waals surface area contributed by atoms with Crippen LogP contribution < -0.4 is 10.6 Å². The Labute approximate surface area is 121 Å². The van der Waals surface area contributed by atoms with Gasteiger partial charge in [-0.1, -0.05) is 31.2 Å². The lowest BCUT2D eigenvalue weighted by Gasteiger charge is -2.30. The van der Waals surface area contributed by atoms with E-state index >= 15 is 0 Å². The maximum Gasteiger partial charge on any atom is 0.221 e. The summed E-state index contributed by atoms with van der Waals surface area (Å²) in [4.78, 5) is 12.2. The van der Waals surface area contributed by atoms with Gasteiger partial charge >= 0.3 is 0 Å². The van der Waals surface area contributed by atoms with Gasteiger partial charge < -0.3 is 10.6 Å². The summed E-state index contributed by atoms with van der Waals surface area (Å²) in [7, 11) is 0. The van der Waals surface area contributed by atoms with E-state index < -0.39 is 0 Å². The normalized spacial score (nSPS) is 26.2. The minimum absolute atomic E-state index is 0.203. The Kier molecular flexibility index (Phi) is 4.06. The number of carbonyl (C=O) groups excluding carboxylic acids is 1. The van der Waals surface area contributed by atoms with Gasteiger partial charge in [0.1, 0.15) is 0 Å². The van der Waals surface area contributed by atoms with Crippen LogP contribution in [-0.2, 0) is 17.6 Å². The molecule has 2 unspecified atom stereocenters. The molecule has 2 aliphatic rings. The minimum atomic E-state index is 0.203. The average molecular weight is 272 g/mol. The largest absolute Gasteiger partial charge is 0.353 e. The summed E-state index contributed by atoms with van der Waals surface area (Å²) in [5.41, 5.74) is 2.78. The highest BCUT2D eigenvalue weighted by Crippen LogP contribution is 2.22. The number of rotatable bonds is 3. The van der Waals surface area contributed by atoms with Crippen molar-refractivity contribution in [2.75, 3.05) is 6.54 Å². The van der Waals surface area contributed by atoms with Crippen molar-refractivity contribution >= 4 is 5.91 Å². The van der Waals surface area contributed by atoms with Crippen molar-refractivity contribution in [1.82, 2.24) is 10.6 Å². The molecule has 1 aromatic carbocycles. The second-order valence-corrected chi connectivity index (χ2v) is 6.33. The van der Waals surface area contributed by atoms with E-state index in [4.69, 9.17) is 0 Å². The lowest BCUT2D eigenvalue weighted by atomic mass is 9.90. The maximum absolute atomic E-state index is 12.2. The van der Waals surface area contributed by atoms with Crippen LogP contribution in [0, 0.1) is 5.92 Å². The second kappa shape index (κ2) is 5.96. The van der Waals surface area contributed by atoms with Crippen molar-refractivity contribution in [2.24, 2.45) is 5.92 Å². The molecular formula is C17H24N2O. The highest BCUT2D eigenvalue weighted by atomic mass is 16.1. The number of benzene rings is 1. The maximum atomic E-state index is 12.2. The molecule has 0 radical (unpaired) electrons. The van der Waals surface area contributed by atoms with E-state index in [1.165, 1.54) is 24.0 Å². The van der Waals surface area contributed by atoms with Crippen molar-refractivity contribution < 1.29 is 4.79 Å². The van der Waals surface area contributed by atoms with E-state index in [0.717, 1.165) is 19.4 Å². The average Bonchev–Trinajstić information content (AvgIpc) is 2.83. The standard InChI is InChI=1S/C17H24N2O/c1-12-5-4-8-18-16(12)11-17(20)19-15-9-13-6-2-3-7-14(13)10-15/h2-3,6-7,12,15-16,18H,4-5,8-11H2,1H3,(H,19,20). The van der Waals surface area contributed by atoms with Crippen LogP contribution in [0.5, 0.6) is 0 Å². The topological polar surface area (TPSA) is 41.1 Å². The molecule has 1 aliphatic carbocycles. The number of hydrogen-bond acceptors (Lipinski definition) is 2. The molecule has 2 atom stereocenters. The molecule has 1 aromatic rings. The smallest absolute Gasteiger partial charge is 0.221 e. The summed E-state index contributed by atoms with van der Waals surface area (Å²) >= 11 is 0. The lowest BCUT2D eigenvalue weighted by Crippen LogP contribution is -2.45. The van der Waals surface area contributed by atoms with E-state index in [9.17, 15) is 4.79 Å². The van der Waals surface area contributed by atoms with Gasteiger partial charge in [-0.25, -0.2) is 0 Å². The number of piperidine rings is 1. The van der Waals surface area contributed by atoms with Gasteiger partial charge in [-0.2, -0.15) is 0 Å². The van der Waals surface area contributed by atoms with E-state index in [1.54, 1.807) is 0 Å². The van der Waals surface area contributed by atoms with Crippen molar-refractivity contribution in [2.45, 2.75) is 51.1 Å². The fourth-order valence-corrected chi connectivity index (χ4v) is 3.53. The molecule has 3 nitrogen and oxygen atoms in total. The molecule has 20 heavy (non-hydrogen) atoms. The number of carbonyl (C=O) groups is 1. The quantitative estimate of drug-likeness (QED) is 0.884. The van der Waals surface area contributed by atoms with Crippen molar-refractivity contribution in [3.05, 3.63) is 35.4 Å². The fourth-order valence-electron chi connectivity index (χ4n) is 3.53. The van der Waals surface area contributed by atoms with Crippen molar-refractivity contribution in [1.29, 1.82) is 0 Å². The minimum Gasteiger partial charge on any atom is -0.353 e. The first-order chi connectivity index (χ1) is 9.72. The highest BCUT2D eigenvalue weighted by molar-refractivity contribution is 5.77. The van der Waals surface area contributed by atoms with Crippen LogP contribution in [0.1, 0.15) is 37.3 Å². The molecule has 3 heteroatoms. The van der Waals surface area contributed by atoms with Crippen molar-refractivity contribution in [3.8, 4) is 0 Å². The lowest BCUT2D eigenvalue weighted by molar-refractivity contribution is -0.122. The molecule has 1 saturated heterocycles. The van der Waals surface area contributed by atoms with Gasteiger partial charge in [0.15, 0.2) is 0 Å². The van der Waals surface area contributed by atoms with Gasteiger partial charge in [0.2, 0.25) is 5.91 Å². The van der Waals surface area contributed by atoms with E-state index in [2.05, 4.69) is 41.8 Å². The van der Waals surface area contributed by atoms with Crippen LogP contribution in [0.4, 0.5) is 0 Å². The second-order valence-electron chi connectivity index (χ2n) is 6.33. The predicted octanol–water partition coefficient (Wildman–Crippen LogP) is 2.05. The van der Waals surface area contributed by atoms with Crippen LogP contribution in [0.25, 0.3) is 0 Å². The Hall–Kier alpha value is -1.35. The third-order valence-corrected chi connectivity index (χ3v) is 4.75. The first-order valence-corrected chi connectivity index (χ1v) is 7.82. The Balaban J connectivity index is 1.51. The van der Waals surface area contributed by atoms with E-state index in [1.807, 2.05) is 0 Å². The zero-order valence-electron chi connectivity index (χ0n) is 12.2. The summed E-state index contributed by atoms with van der Waals surface area (Å²) in [6.07, 6.45) is 5.05. The molecule has 2 N–H and O–H groups in total. The number of hydrogen-bond donors (Lipinski definition) is 2. The predicted molar refractivity (Wildman–Crippen MR) is 80.6 cm³/mol. The molecule has 0 spiro atoms. The molecule has 0 saturated carbocycles. The monoisotopic (exact) mass is 272 g/mol. The molecule has 1 fully saturated rings. The van der Waals surface area contributed by atoms with Gasteiger partial charge in [-0.15, -0.1) is 0 Å². The molecule has 1 heterocycles. The van der Waals surface area contributed by atoms with Crippen molar-refractivity contribution in [3.63, 3.8) is 0 Å². The van der Waals surface area contributed by atoms with E-state index in [0.29, 0.717) is 24.4 Å². The number of fused-ring (bicyclic) bond motifs is 1. The van der Waals surface area contributed by atoms with Crippen LogP contribution in [0.15, 0.2) is 24.3 Å². The summed E-state index contributed by atoms with van der Waals surface area (Å²) in [6, 6.07) is 9.15. The molecule has 0 aromatic heterocycles. The zero-order chi connectivity index (χ0) is 13.9. The van der Waals surface area contributed by atoms with Crippen LogP contribution >= 0.6 is 0 Å². The molecule has 108 valence electrons. The summed E-state index contributed by atoms with van der Waals surface area (Å²) in [5.74, 6) is 0.810. The first kappa shape index (κ1) is 13.6. The molecular weight excluding hydrogens is 248 g/mol. The SMILES string of the molecule is CC1CCCNC1CC(=O)NC1Cc2ccccc2C1. The molecule has 0 bridgehead atoms. The summed E-state index contributed by atoms with van der Waals surface area (Å²) in [6.45, 7) is 3.30. The summed E-state index contributed by atoms with van der Waals surface area (Å²) < 4.78 is 0. The number of nitrogens with one attached hydrogen (secondary N) is 2. The van der Waals surface area contributed by atoms with E-state index in [-0.39, 0.29) is 5.91 Å². The number of amides is 1. The van der Waals surface area contributed by atoms with Gasteiger partial charge in [-0.3, -0.25) is 4.79 Å². The molecule has 3 rings (SSSR count). The molecule has 1 amide bonds.